The van der Waals surface area contributed by atoms with Crippen LogP contribution in [-0.2, 0) is 4.74 Å². The minimum atomic E-state index is -0.808. The molecule has 0 aliphatic rings. The fourth-order valence-corrected chi connectivity index (χ4v) is 2.29. The van der Waals surface area contributed by atoms with Gasteiger partial charge in [0.25, 0.3) is 5.91 Å². The maximum absolute atomic E-state index is 12.1. The zero-order chi connectivity index (χ0) is 19.3. The molecule has 7 nitrogen and oxygen atoms in total. The monoisotopic (exact) mass is 367 g/mol. The first kappa shape index (κ1) is 20.8. The Hall–Kier alpha value is -2.22. The Labute approximate surface area is 153 Å². The molecule has 0 fully saturated rings. The predicted octanol–water partition coefficient (Wildman–Crippen LogP) is 2.99. The van der Waals surface area contributed by atoms with E-state index in [1.165, 1.54) is 0 Å². The number of rotatable bonds is 4. The maximum Gasteiger partial charge on any atom is 0.408 e. The van der Waals surface area contributed by atoms with Crippen LogP contribution in [-0.4, -0.2) is 40.0 Å². The van der Waals surface area contributed by atoms with Gasteiger partial charge in [-0.25, -0.2) is 9.59 Å². The maximum atomic E-state index is 12.1. The fraction of sp³-hybridized carbons (Fsp3) is 0.471. The third-order valence-electron chi connectivity index (χ3n) is 2.88. The Balaban J connectivity index is 2.58. The summed E-state index contributed by atoms with van der Waals surface area (Å²) in [5, 5.41) is 4.90. The van der Waals surface area contributed by atoms with E-state index in [1.54, 1.807) is 65.0 Å². The van der Waals surface area contributed by atoms with E-state index in [-0.39, 0.29) is 6.54 Å². The molecular weight excluding hydrogens is 342 g/mol. The number of carbonyl (C=O) groups is 3. The minimum Gasteiger partial charge on any atom is -0.444 e. The largest absolute Gasteiger partial charge is 0.444 e. The van der Waals surface area contributed by atoms with Gasteiger partial charge in [0, 0.05) is 5.56 Å². The van der Waals surface area contributed by atoms with Crippen molar-refractivity contribution in [2.75, 3.05) is 6.54 Å². The number of imide groups is 1. The zero-order valence-corrected chi connectivity index (χ0v) is 16.0. The average molecular weight is 367 g/mol. The van der Waals surface area contributed by atoms with E-state index in [0.29, 0.717) is 5.56 Å². The lowest BCUT2D eigenvalue weighted by Gasteiger charge is -2.31. The average Bonchev–Trinajstić information content (AvgIpc) is 2.44. The Bertz CT molecular complexity index is 627. The molecule has 1 aromatic carbocycles. The molecule has 0 heterocycles. The number of alkyl carbamates (subject to hydrolysis) is 1. The van der Waals surface area contributed by atoms with Crippen molar-refractivity contribution < 1.29 is 19.1 Å². The predicted molar refractivity (Wildman–Crippen MR) is 98.4 cm³/mol. The molecule has 138 valence electrons. The number of amides is 4. The number of hydrogen-bond acceptors (Lipinski definition) is 5. The van der Waals surface area contributed by atoms with Crippen LogP contribution in [0.4, 0.5) is 9.59 Å². The Kier molecular flexibility index (Phi) is 6.87. The molecule has 0 aliphatic carbocycles. The molecule has 0 radical (unpaired) electrons. The van der Waals surface area contributed by atoms with Crippen LogP contribution in [0.15, 0.2) is 30.3 Å². The van der Waals surface area contributed by atoms with Crippen molar-refractivity contribution in [3.63, 3.8) is 0 Å². The topological polar surface area (TPSA) is 87.7 Å². The Morgan fingerprint density at radius 1 is 1.08 bits per heavy atom. The van der Waals surface area contributed by atoms with E-state index >= 15 is 0 Å². The van der Waals surface area contributed by atoms with Crippen molar-refractivity contribution in [1.29, 1.82) is 0 Å². The molecule has 0 spiro atoms. The molecule has 0 atom stereocenters. The SMILES string of the molecule is CC(C)(CN(S)C(=O)NC(=O)c1ccccc1)NC(=O)OC(C)(C)C. The molecule has 1 aromatic rings. The number of benzene rings is 1. The highest BCUT2D eigenvalue weighted by atomic mass is 32.1. The number of nitrogens with one attached hydrogen (secondary N) is 2. The molecule has 4 amide bonds. The number of urea groups is 1. The summed E-state index contributed by atoms with van der Waals surface area (Å²) < 4.78 is 6.22. The first-order valence-electron chi connectivity index (χ1n) is 7.77. The summed E-state index contributed by atoms with van der Waals surface area (Å²) in [5.41, 5.74) is -1.07. The third kappa shape index (κ3) is 7.93. The normalized spacial score (nSPS) is 11.4. The summed E-state index contributed by atoms with van der Waals surface area (Å²) in [6, 6.07) is 7.68. The van der Waals surface area contributed by atoms with Crippen LogP contribution < -0.4 is 10.6 Å². The van der Waals surface area contributed by atoms with E-state index in [4.69, 9.17) is 4.74 Å². The van der Waals surface area contributed by atoms with E-state index < -0.39 is 29.2 Å². The first-order chi connectivity index (χ1) is 11.4. The molecular formula is C17H25N3O4S. The highest BCUT2D eigenvalue weighted by Crippen LogP contribution is 2.12. The molecule has 0 saturated carbocycles. The van der Waals surface area contributed by atoms with Crippen molar-refractivity contribution in [2.24, 2.45) is 0 Å². The van der Waals surface area contributed by atoms with Gasteiger partial charge < -0.3 is 10.1 Å². The highest BCUT2D eigenvalue weighted by molar-refractivity contribution is 7.78. The van der Waals surface area contributed by atoms with Crippen LogP contribution in [0.1, 0.15) is 45.0 Å². The van der Waals surface area contributed by atoms with Gasteiger partial charge in [-0.05, 0) is 46.8 Å². The van der Waals surface area contributed by atoms with Gasteiger partial charge in [0.15, 0.2) is 0 Å². The van der Waals surface area contributed by atoms with Gasteiger partial charge in [-0.1, -0.05) is 31.0 Å². The number of nitrogens with zero attached hydrogens (tertiary/aromatic N) is 1. The Morgan fingerprint density at radius 2 is 1.64 bits per heavy atom. The molecule has 0 saturated heterocycles. The molecule has 1 rings (SSSR count). The molecule has 8 heteroatoms. The van der Waals surface area contributed by atoms with Crippen molar-refractivity contribution >= 4 is 30.8 Å². The molecule has 0 aliphatic heterocycles. The van der Waals surface area contributed by atoms with E-state index in [0.717, 1.165) is 4.31 Å². The Morgan fingerprint density at radius 3 is 2.16 bits per heavy atom. The summed E-state index contributed by atoms with van der Waals surface area (Å²) in [4.78, 5) is 35.9. The fourth-order valence-electron chi connectivity index (χ4n) is 1.89. The quantitative estimate of drug-likeness (QED) is 0.714. The first-order valence-corrected chi connectivity index (χ1v) is 8.17. The standard InChI is InChI=1S/C17H25N3O4S/c1-16(2,3)24-15(23)19-17(4,5)11-20(25)14(22)18-13(21)12-9-7-6-8-10-12/h6-10,25H,11H2,1-5H3,(H,19,23)(H,18,21,22). The van der Waals surface area contributed by atoms with Gasteiger partial charge in [-0.15, -0.1) is 0 Å². The smallest absolute Gasteiger partial charge is 0.408 e. The van der Waals surface area contributed by atoms with Gasteiger partial charge in [0.2, 0.25) is 0 Å². The summed E-state index contributed by atoms with van der Waals surface area (Å²) >= 11 is 4.09. The number of hydrogen-bond donors (Lipinski definition) is 3. The third-order valence-corrected chi connectivity index (χ3v) is 3.20. The van der Waals surface area contributed by atoms with Crippen molar-refractivity contribution in [2.45, 2.75) is 45.8 Å². The van der Waals surface area contributed by atoms with Crippen LogP contribution in [0.5, 0.6) is 0 Å². The van der Waals surface area contributed by atoms with Gasteiger partial charge >= 0.3 is 12.1 Å². The zero-order valence-electron chi connectivity index (χ0n) is 15.1. The second-order valence-corrected chi connectivity index (χ2v) is 7.68. The van der Waals surface area contributed by atoms with E-state index in [2.05, 4.69) is 23.4 Å². The van der Waals surface area contributed by atoms with Crippen molar-refractivity contribution in [3.8, 4) is 0 Å². The molecule has 2 N–H and O–H groups in total. The number of ether oxygens (including phenoxy) is 1. The van der Waals surface area contributed by atoms with Crippen LogP contribution in [0.3, 0.4) is 0 Å². The van der Waals surface area contributed by atoms with E-state index in [1.807, 2.05) is 0 Å². The second-order valence-electron chi connectivity index (χ2n) is 7.19. The van der Waals surface area contributed by atoms with E-state index in [9.17, 15) is 14.4 Å². The van der Waals surface area contributed by atoms with Crippen LogP contribution in [0.2, 0.25) is 0 Å². The van der Waals surface area contributed by atoms with Gasteiger partial charge in [-0.2, -0.15) is 0 Å². The van der Waals surface area contributed by atoms with Gasteiger partial charge in [0.1, 0.15) is 5.60 Å². The lowest BCUT2D eigenvalue weighted by atomic mass is 10.1. The summed E-state index contributed by atoms with van der Waals surface area (Å²) in [6.07, 6.45) is -0.597. The lowest BCUT2D eigenvalue weighted by Crippen LogP contribution is -2.53. The van der Waals surface area contributed by atoms with Gasteiger partial charge in [-0.3, -0.25) is 14.4 Å². The summed E-state index contributed by atoms with van der Waals surface area (Å²) in [6.45, 7) is 8.76. The summed E-state index contributed by atoms with van der Waals surface area (Å²) in [7, 11) is 0. The minimum absolute atomic E-state index is 0.0588. The number of thiol groups is 1. The molecule has 0 aromatic heterocycles. The molecule has 25 heavy (non-hydrogen) atoms. The highest BCUT2D eigenvalue weighted by Gasteiger charge is 2.28. The molecule has 0 unspecified atom stereocenters. The van der Waals surface area contributed by atoms with Crippen molar-refractivity contribution in [1.82, 2.24) is 14.9 Å². The molecule has 0 bridgehead atoms. The van der Waals surface area contributed by atoms with Gasteiger partial charge in [0.05, 0.1) is 12.1 Å². The number of carbonyl (C=O) groups excluding carboxylic acids is 3. The van der Waals surface area contributed by atoms with Crippen LogP contribution in [0.25, 0.3) is 0 Å². The second kappa shape index (κ2) is 8.24. The van der Waals surface area contributed by atoms with Crippen LogP contribution in [0, 0.1) is 0 Å². The van der Waals surface area contributed by atoms with Crippen LogP contribution >= 0.6 is 12.8 Å². The van der Waals surface area contributed by atoms with Crippen molar-refractivity contribution in [3.05, 3.63) is 35.9 Å². The summed E-state index contributed by atoms with van der Waals surface area (Å²) in [5.74, 6) is -0.525. The lowest BCUT2D eigenvalue weighted by molar-refractivity contribution is 0.0465.